The Kier molecular flexibility index (Phi) is 5.61. The molecule has 0 radical (unpaired) electrons. The lowest BCUT2D eigenvalue weighted by Gasteiger charge is -2.30. The van der Waals surface area contributed by atoms with E-state index in [0.717, 1.165) is 0 Å². The predicted octanol–water partition coefficient (Wildman–Crippen LogP) is 0.992. The second kappa shape index (κ2) is 6.00. The number of hydrogen-bond donors (Lipinski definition) is 3. The molecule has 0 heterocycles. The molecule has 17 heavy (non-hydrogen) atoms. The van der Waals surface area contributed by atoms with Gasteiger partial charge in [0.1, 0.15) is 0 Å². The Hall–Kier alpha value is -1.10. The number of rotatable bonds is 7. The Labute approximate surface area is 103 Å². The molecule has 0 rings (SSSR count). The Morgan fingerprint density at radius 2 is 1.65 bits per heavy atom. The minimum atomic E-state index is -0.862. The molecule has 100 valence electrons. The van der Waals surface area contributed by atoms with Gasteiger partial charge in [0.15, 0.2) is 0 Å². The van der Waals surface area contributed by atoms with Crippen LogP contribution in [0.1, 0.15) is 40.5 Å². The average Bonchev–Trinajstić information content (AvgIpc) is 2.30. The molecule has 0 aromatic carbocycles. The summed E-state index contributed by atoms with van der Waals surface area (Å²) < 4.78 is 0. The zero-order chi connectivity index (χ0) is 13.7. The fourth-order valence-corrected chi connectivity index (χ4v) is 1.46. The number of carbonyl (C=O) groups is 2. The molecule has 0 aliphatic carbocycles. The number of carbonyl (C=O) groups excluding carboxylic acids is 1. The van der Waals surface area contributed by atoms with Gasteiger partial charge in [-0.2, -0.15) is 0 Å². The molecule has 3 N–H and O–H groups in total. The molecule has 0 saturated heterocycles. The summed E-state index contributed by atoms with van der Waals surface area (Å²) in [5.74, 6) is -1.04. The van der Waals surface area contributed by atoms with Crippen molar-refractivity contribution in [3.8, 4) is 0 Å². The zero-order valence-electron chi connectivity index (χ0n) is 11.4. The fraction of sp³-hybridized carbons (Fsp3) is 0.833. The van der Waals surface area contributed by atoms with Gasteiger partial charge in [0.25, 0.3) is 0 Å². The van der Waals surface area contributed by atoms with Crippen LogP contribution in [0.4, 0.5) is 0 Å². The number of hydrogen-bond acceptors (Lipinski definition) is 3. The third-order valence-electron chi connectivity index (χ3n) is 3.59. The van der Waals surface area contributed by atoms with Gasteiger partial charge >= 0.3 is 5.97 Å². The number of amides is 1. The van der Waals surface area contributed by atoms with Crippen molar-refractivity contribution in [3.05, 3.63) is 0 Å². The molecule has 0 bridgehead atoms. The molecular weight excluding hydrogens is 220 g/mol. The van der Waals surface area contributed by atoms with Gasteiger partial charge in [0, 0.05) is 6.54 Å². The molecule has 0 atom stereocenters. The van der Waals surface area contributed by atoms with Crippen molar-refractivity contribution < 1.29 is 14.7 Å². The SMILES string of the molecule is CCC(CC)(CNC(=O)C(C)(C)NC)C(=O)O. The van der Waals surface area contributed by atoms with Crippen LogP contribution in [-0.4, -0.2) is 36.1 Å². The molecule has 0 aliphatic rings. The van der Waals surface area contributed by atoms with Crippen LogP contribution < -0.4 is 10.6 Å². The molecule has 0 fully saturated rings. The summed E-state index contributed by atoms with van der Waals surface area (Å²) in [7, 11) is 1.70. The van der Waals surface area contributed by atoms with Crippen molar-refractivity contribution >= 4 is 11.9 Å². The zero-order valence-corrected chi connectivity index (χ0v) is 11.4. The van der Waals surface area contributed by atoms with Crippen molar-refractivity contribution in [3.63, 3.8) is 0 Å². The maximum Gasteiger partial charge on any atom is 0.311 e. The Bertz CT molecular complexity index is 283. The highest BCUT2D eigenvalue weighted by Crippen LogP contribution is 2.25. The third kappa shape index (κ3) is 3.70. The van der Waals surface area contributed by atoms with E-state index in [1.165, 1.54) is 0 Å². The molecule has 0 aromatic rings. The Morgan fingerprint density at radius 1 is 1.18 bits per heavy atom. The highest BCUT2D eigenvalue weighted by molar-refractivity contribution is 5.86. The predicted molar refractivity (Wildman–Crippen MR) is 66.8 cm³/mol. The van der Waals surface area contributed by atoms with Crippen LogP contribution >= 0.6 is 0 Å². The third-order valence-corrected chi connectivity index (χ3v) is 3.59. The summed E-state index contributed by atoms with van der Waals surface area (Å²) in [5.41, 5.74) is -1.55. The lowest BCUT2D eigenvalue weighted by Crippen LogP contribution is -2.54. The van der Waals surface area contributed by atoms with Crippen molar-refractivity contribution in [2.24, 2.45) is 5.41 Å². The number of nitrogens with one attached hydrogen (secondary N) is 2. The fourth-order valence-electron chi connectivity index (χ4n) is 1.46. The van der Waals surface area contributed by atoms with Gasteiger partial charge in [0.2, 0.25) is 5.91 Å². The second-order valence-corrected chi connectivity index (χ2v) is 4.85. The van der Waals surface area contributed by atoms with Crippen LogP contribution in [0, 0.1) is 5.41 Å². The van der Waals surface area contributed by atoms with Crippen LogP contribution in [0.15, 0.2) is 0 Å². The van der Waals surface area contributed by atoms with E-state index < -0.39 is 16.9 Å². The van der Waals surface area contributed by atoms with Gasteiger partial charge in [-0.25, -0.2) is 0 Å². The minimum Gasteiger partial charge on any atom is -0.481 e. The summed E-state index contributed by atoms with van der Waals surface area (Å²) in [6.07, 6.45) is 0.998. The average molecular weight is 244 g/mol. The van der Waals surface area contributed by atoms with Gasteiger partial charge < -0.3 is 15.7 Å². The lowest BCUT2D eigenvalue weighted by atomic mass is 9.82. The van der Waals surface area contributed by atoms with Crippen LogP contribution in [0.25, 0.3) is 0 Å². The van der Waals surface area contributed by atoms with E-state index in [-0.39, 0.29) is 12.5 Å². The Balaban J connectivity index is 4.63. The smallest absolute Gasteiger partial charge is 0.311 e. The van der Waals surface area contributed by atoms with E-state index in [1.54, 1.807) is 20.9 Å². The number of likely N-dealkylation sites (N-methyl/N-ethyl adjacent to an activating group) is 1. The number of carboxylic acids is 1. The molecule has 0 saturated carbocycles. The molecule has 5 nitrogen and oxygen atoms in total. The first-order valence-corrected chi connectivity index (χ1v) is 5.96. The molecular formula is C12H24N2O3. The molecule has 1 amide bonds. The molecule has 0 unspecified atom stereocenters. The quantitative estimate of drug-likeness (QED) is 0.624. The van der Waals surface area contributed by atoms with Crippen LogP contribution in [0.3, 0.4) is 0 Å². The standard InChI is InChI=1S/C12H24N2O3/c1-6-12(7-2,10(16)17)8-14-9(15)11(3,4)13-5/h13H,6-8H2,1-5H3,(H,14,15)(H,16,17). The molecule has 0 aromatic heterocycles. The largest absolute Gasteiger partial charge is 0.481 e. The van der Waals surface area contributed by atoms with Crippen molar-refractivity contribution in [2.45, 2.75) is 46.1 Å². The summed E-state index contributed by atoms with van der Waals surface area (Å²) in [5, 5.41) is 14.8. The molecule has 0 aliphatic heterocycles. The Morgan fingerprint density at radius 3 is 1.94 bits per heavy atom. The minimum absolute atomic E-state index is 0.166. The van der Waals surface area contributed by atoms with Gasteiger partial charge in [-0.05, 0) is 33.7 Å². The van der Waals surface area contributed by atoms with Gasteiger partial charge in [0.05, 0.1) is 11.0 Å². The first kappa shape index (κ1) is 15.9. The van der Waals surface area contributed by atoms with Crippen molar-refractivity contribution in [2.75, 3.05) is 13.6 Å². The summed E-state index contributed by atoms with van der Waals surface area (Å²) >= 11 is 0. The normalized spacial score (nSPS) is 12.3. The monoisotopic (exact) mass is 244 g/mol. The van der Waals surface area contributed by atoms with E-state index in [4.69, 9.17) is 0 Å². The highest BCUT2D eigenvalue weighted by Gasteiger charge is 2.36. The first-order chi connectivity index (χ1) is 7.75. The molecule has 0 spiro atoms. The van der Waals surface area contributed by atoms with E-state index >= 15 is 0 Å². The maximum atomic E-state index is 11.8. The van der Waals surface area contributed by atoms with E-state index in [2.05, 4.69) is 10.6 Å². The summed E-state index contributed by atoms with van der Waals surface area (Å²) in [6.45, 7) is 7.32. The van der Waals surface area contributed by atoms with Crippen LogP contribution in [0.5, 0.6) is 0 Å². The highest BCUT2D eigenvalue weighted by atomic mass is 16.4. The summed E-state index contributed by atoms with van der Waals surface area (Å²) in [6, 6.07) is 0. The second-order valence-electron chi connectivity index (χ2n) is 4.85. The van der Waals surface area contributed by atoms with E-state index in [9.17, 15) is 14.7 Å². The van der Waals surface area contributed by atoms with Crippen LogP contribution in [0.2, 0.25) is 0 Å². The lowest BCUT2D eigenvalue weighted by molar-refractivity contribution is -0.149. The molecule has 5 heteroatoms. The van der Waals surface area contributed by atoms with Gasteiger partial charge in [-0.3, -0.25) is 9.59 Å². The van der Waals surface area contributed by atoms with Gasteiger partial charge in [-0.1, -0.05) is 13.8 Å². The van der Waals surface area contributed by atoms with Crippen molar-refractivity contribution in [1.29, 1.82) is 0 Å². The number of carboxylic acid groups (broad SMARTS) is 1. The topological polar surface area (TPSA) is 78.4 Å². The van der Waals surface area contributed by atoms with E-state index in [1.807, 2.05) is 13.8 Å². The van der Waals surface area contributed by atoms with Crippen molar-refractivity contribution in [1.82, 2.24) is 10.6 Å². The van der Waals surface area contributed by atoms with E-state index in [0.29, 0.717) is 12.8 Å². The summed E-state index contributed by atoms with van der Waals surface area (Å²) in [4.78, 5) is 23.1. The first-order valence-electron chi connectivity index (χ1n) is 5.96. The number of aliphatic carboxylic acids is 1. The van der Waals surface area contributed by atoms with Crippen LogP contribution in [-0.2, 0) is 9.59 Å². The maximum absolute atomic E-state index is 11.8. The van der Waals surface area contributed by atoms with Gasteiger partial charge in [-0.15, -0.1) is 0 Å².